The molecule has 1 aromatic carbocycles. The number of benzene rings is 1. The van der Waals surface area contributed by atoms with Gasteiger partial charge in [0.25, 0.3) is 0 Å². The molecule has 0 spiro atoms. The Bertz CT molecular complexity index is 493. The Labute approximate surface area is 136 Å². The zero-order valence-corrected chi connectivity index (χ0v) is 13.8. The van der Waals surface area contributed by atoms with E-state index < -0.39 is 0 Å². The van der Waals surface area contributed by atoms with Gasteiger partial charge in [-0.1, -0.05) is 38.0 Å². The molecule has 2 amide bonds. The average Bonchev–Trinajstić information content (AvgIpc) is 2.50. The molecule has 22 heavy (non-hydrogen) atoms. The number of nitrogens with one attached hydrogen (secondary N) is 2. The second-order valence-electron chi connectivity index (χ2n) is 5.84. The lowest BCUT2D eigenvalue weighted by molar-refractivity contribution is -0.119. The van der Waals surface area contributed by atoms with Crippen molar-refractivity contribution in [2.75, 3.05) is 16.8 Å². The van der Waals surface area contributed by atoms with Crippen LogP contribution in [0.25, 0.3) is 0 Å². The van der Waals surface area contributed by atoms with Crippen LogP contribution in [0.5, 0.6) is 0 Å². The van der Waals surface area contributed by atoms with Gasteiger partial charge in [-0.2, -0.15) is 0 Å². The van der Waals surface area contributed by atoms with Gasteiger partial charge >= 0.3 is 0 Å². The van der Waals surface area contributed by atoms with Gasteiger partial charge in [0.05, 0.1) is 11.5 Å². The number of carbonyl (C=O) groups is 2. The van der Waals surface area contributed by atoms with Crippen molar-refractivity contribution in [3.8, 4) is 0 Å². The number of anilines is 1. The highest BCUT2D eigenvalue weighted by atomic mass is 32.2. The summed E-state index contributed by atoms with van der Waals surface area (Å²) in [5.74, 6) is 1.16. The van der Waals surface area contributed by atoms with E-state index in [1.54, 1.807) is 0 Å². The Morgan fingerprint density at radius 2 is 1.77 bits per heavy atom. The van der Waals surface area contributed by atoms with Gasteiger partial charge in [0, 0.05) is 11.7 Å². The lowest BCUT2D eigenvalue weighted by atomic mass is 9.86. The summed E-state index contributed by atoms with van der Waals surface area (Å²) in [6.45, 7) is 2.20. The molecule has 1 saturated carbocycles. The predicted molar refractivity (Wildman–Crippen MR) is 92.0 cm³/mol. The van der Waals surface area contributed by atoms with Crippen molar-refractivity contribution in [3.05, 3.63) is 30.3 Å². The summed E-state index contributed by atoms with van der Waals surface area (Å²) in [5.41, 5.74) is 0.786. The third-order valence-corrected chi connectivity index (χ3v) is 4.91. The van der Waals surface area contributed by atoms with E-state index >= 15 is 0 Å². The number of hydrogen-bond acceptors (Lipinski definition) is 3. The van der Waals surface area contributed by atoms with Crippen LogP contribution in [0.2, 0.25) is 0 Å². The molecule has 0 unspecified atom stereocenters. The largest absolute Gasteiger partial charge is 0.352 e. The van der Waals surface area contributed by atoms with Gasteiger partial charge in [0.15, 0.2) is 0 Å². The number of carbonyl (C=O) groups excluding carboxylic acids is 2. The van der Waals surface area contributed by atoms with Crippen molar-refractivity contribution in [2.24, 2.45) is 5.92 Å². The zero-order chi connectivity index (χ0) is 15.8. The molecule has 2 N–H and O–H groups in total. The molecule has 0 bridgehead atoms. The maximum atomic E-state index is 11.9. The van der Waals surface area contributed by atoms with Crippen LogP contribution in [0.3, 0.4) is 0 Å². The normalized spacial score (nSPS) is 21.1. The monoisotopic (exact) mass is 320 g/mol. The van der Waals surface area contributed by atoms with Gasteiger partial charge in [-0.15, -0.1) is 11.8 Å². The van der Waals surface area contributed by atoms with Gasteiger partial charge in [0.1, 0.15) is 0 Å². The van der Waals surface area contributed by atoms with Crippen molar-refractivity contribution in [3.63, 3.8) is 0 Å². The van der Waals surface area contributed by atoms with E-state index in [9.17, 15) is 9.59 Å². The molecule has 4 nitrogen and oxygen atoms in total. The molecule has 1 aromatic rings. The average molecular weight is 320 g/mol. The number of amides is 2. The summed E-state index contributed by atoms with van der Waals surface area (Å²) >= 11 is 1.35. The minimum Gasteiger partial charge on any atom is -0.352 e. The first kappa shape index (κ1) is 16.9. The molecule has 0 heterocycles. The van der Waals surface area contributed by atoms with Crippen LogP contribution in [-0.2, 0) is 9.59 Å². The highest BCUT2D eigenvalue weighted by molar-refractivity contribution is 8.00. The minimum atomic E-state index is -0.0740. The second-order valence-corrected chi connectivity index (χ2v) is 6.83. The maximum absolute atomic E-state index is 11.9. The van der Waals surface area contributed by atoms with Gasteiger partial charge in [-0.3, -0.25) is 9.59 Å². The van der Waals surface area contributed by atoms with E-state index in [4.69, 9.17) is 0 Å². The molecule has 1 aliphatic rings. The molecule has 1 aliphatic carbocycles. The topological polar surface area (TPSA) is 58.2 Å². The van der Waals surface area contributed by atoms with Gasteiger partial charge in [-0.25, -0.2) is 0 Å². The summed E-state index contributed by atoms with van der Waals surface area (Å²) < 4.78 is 0. The fourth-order valence-corrected chi connectivity index (χ4v) is 3.36. The first-order chi connectivity index (χ1) is 10.6. The number of thioether (sulfide) groups is 1. The molecule has 5 heteroatoms. The molecule has 0 aliphatic heterocycles. The summed E-state index contributed by atoms with van der Waals surface area (Å²) in [7, 11) is 0. The van der Waals surface area contributed by atoms with Crippen LogP contribution in [-0.4, -0.2) is 29.4 Å². The summed E-state index contributed by atoms with van der Waals surface area (Å²) in [4.78, 5) is 23.7. The number of para-hydroxylation sites is 1. The first-order valence-electron chi connectivity index (χ1n) is 7.87. The molecule has 2 rings (SSSR count). The van der Waals surface area contributed by atoms with E-state index in [2.05, 4.69) is 17.6 Å². The van der Waals surface area contributed by atoms with Crippen LogP contribution >= 0.6 is 11.8 Å². The van der Waals surface area contributed by atoms with Crippen molar-refractivity contribution in [1.82, 2.24) is 5.32 Å². The highest BCUT2D eigenvalue weighted by Gasteiger charge is 2.22. The van der Waals surface area contributed by atoms with Gasteiger partial charge < -0.3 is 10.6 Å². The first-order valence-corrected chi connectivity index (χ1v) is 9.02. The van der Waals surface area contributed by atoms with Crippen LogP contribution in [0.1, 0.15) is 32.6 Å². The molecule has 0 saturated heterocycles. The Morgan fingerprint density at radius 1 is 1.09 bits per heavy atom. The highest BCUT2D eigenvalue weighted by Crippen LogP contribution is 2.23. The molecule has 2 atom stereocenters. The molecular formula is C17H24N2O2S. The SMILES string of the molecule is C[C@H]1CCCC[C@H]1NC(=O)CSCC(=O)Nc1ccccc1. The summed E-state index contributed by atoms with van der Waals surface area (Å²) in [6, 6.07) is 9.66. The Balaban J connectivity index is 1.63. The smallest absolute Gasteiger partial charge is 0.234 e. The standard InChI is InChI=1S/C17H24N2O2S/c1-13-7-5-6-10-15(13)19-17(21)12-22-11-16(20)18-14-8-3-2-4-9-14/h2-4,8-9,13,15H,5-7,10-12H2,1H3,(H,18,20)(H,19,21)/t13-,15+/m0/s1. The van der Waals surface area contributed by atoms with E-state index in [0.29, 0.717) is 23.5 Å². The van der Waals surface area contributed by atoms with Crippen LogP contribution in [0.15, 0.2) is 30.3 Å². The Kier molecular flexibility index (Phi) is 6.77. The van der Waals surface area contributed by atoms with Crippen molar-refractivity contribution in [2.45, 2.75) is 38.6 Å². The van der Waals surface area contributed by atoms with Crippen LogP contribution < -0.4 is 10.6 Å². The van der Waals surface area contributed by atoms with Crippen molar-refractivity contribution >= 4 is 29.3 Å². The second kappa shape index (κ2) is 8.83. The van der Waals surface area contributed by atoms with Crippen molar-refractivity contribution in [1.29, 1.82) is 0 Å². The third kappa shape index (κ3) is 5.72. The fourth-order valence-electron chi connectivity index (χ4n) is 2.73. The summed E-state index contributed by atoms with van der Waals surface area (Å²) in [6.07, 6.45) is 4.73. The lowest BCUT2D eigenvalue weighted by Gasteiger charge is -2.29. The van der Waals surface area contributed by atoms with E-state index in [1.165, 1.54) is 31.0 Å². The molecule has 0 radical (unpaired) electrons. The fraction of sp³-hybridized carbons (Fsp3) is 0.529. The van der Waals surface area contributed by atoms with Crippen LogP contribution in [0, 0.1) is 5.92 Å². The lowest BCUT2D eigenvalue weighted by Crippen LogP contribution is -2.42. The van der Waals surface area contributed by atoms with E-state index in [-0.39, 0.29) is 11.8 Å². The Morgan fingerprint density at radius 3 is 2.50 bits per heavy atom. The molecule has 120 valence electrons. The third-order valence-electron chi connectivity index (χ3n) is 3.98. The molecule has 1 fully saturated rings. The van der Waals surface area contributed by atoms with E-state index in [0.717, 1.165) is 12.1 Å². The summed E-state index contributed by atoms with van der Waals surface area (Å²) in [5, 5.41) is 5.91. The van der Waals surface area contributed by atoms with E-state index in [1.807, 2.05) is 30.3 Å². The number of rotatable bonds is 6. The van der Waals surface area contributed by atoms with Gasteiger partial charge in [0.2, 0.25) is 11.8 Å². The van der Waals surface area contributed by atoms with Crippen LogP contribution in [0.4, 0.5) is 5.69 Å². The zero-order valence-electron chi connectivity index (χ0n) is 13.0. The molecular weight excluding hydrogens is 296 g/mol. The molecule has 0 aromatic heterocycles. The predicted octanol–water partition coefficient (Wildman–Crippen LogP) is 3.05. The Hall–Kier alpha value is -1.49. The maximum Gasteiger partial charge on any atom is 0.234 e. The number of hydrogen-bond donors (Lipinski definition) is 2. The van der Waals surface area contributed by atoms with Crippen molar-refractivity contribution < 1.29 is 9.59 Å². The van der Waals surface area contributed by atoms with Gasteiger partial charge in [-0.05, 0) is 30.9 Å². The minimum absolute atomic E-state index is 0.0382. The quantitative estimate of drug-likeness (QED) is 0.847.